The monoisotopic (exact) mass is 279 g/mol. The first-order valence-electron chi connectivity index (χ1n) is 6.32. The minimum Gasteiger partial charge on any atom is -0.310 e. The molecule has 2 aromatic rings. The van der Waals surface area contributed by atoms with E-state index in [0.717, 1.165) is 28.5 Å². The molecule has 102 valence electrons. The quantitative estimate of drug-likeness (QED) is 0.910. The van der Waals surface area contributed by atoms with Crippen LogP contribution in [0, 0.1) is 6.92 Å². The average Bonchev–Trinajstić information content (AvgIpc) is 2.78. The maximum atomic E-state index is 6.19. The van der Waals surface area contributed by atoms with Gasteiger partial charge in [-0.05, 0) is 35.9 Å². The van der Waals surface area contributed by atoms with Crippen molar-refractivity contribution in [3.63, 3.8) is 0 Å². The van der Waals surface area contributed by atoms with Crippen molar-refractivity contribution in [2.24, 2.45) is 7.05 Å². The molecule has 1 aromatic heterocycles. The zero-order valence-electron chi connectivity index (χ0n) is 11.4. The van der Waals surface area contributed by atoms with Gasteiger partial charge in [0.25, 0.3) is 0 Å². The summed E-state index contributed by atoms with van der Waals surface area (Å²) in [5.74, 6) is 0.727. The molecular formula is C13H18ClN5. The number of halogens is 1. The van der Waals surface area contributed by atoms with Crippen molar-refractivity contribution >= 4 is 11.6 Å². The van der Waals surface area contributed by atoms with Crippen LogP contribution in [0.3, 0.4) is 0 Å². The predicted octanol–water partition coefficient (Wildman–Crippen LogP) is 2.07. The van der Waals surface area contributed by atoms with E-state index in [9.17, 15) is 0 Å². The molecule has 19 heavy (non-hydrogen) atoms. The number of nitrogens with one attached hydrogen (secondary N) is 1. The van der Waals surface area contributed by atoms with Gasteiger partial charge in [0.15, 0.2) is 5.82 Å². The van der Waals surface area contributed by atoms with Crippen LogP contribution in [0.1, 0.15) is 29.9 Å². The van der Waals surface area contributed by atoms with Gasteiger partial charge in [-0.3, -0.25) is 0 Å². The lowest BCUT2D eigenvalue weighted by molar-refractivity contribution is 0.534. The second-order valence-corrected chi connectivity index (χ2v) is 4.93. The van der Waals surface area contributed by atoms with E-state index in [4.69, 9.17) is 11.6 Å². The number of aromatic nitrogens is 4. The van der Waals surface area contributed by atoms with Crippen LogP contribution in [0.25, 0.3) is 0 Å². The largest absolute Gasteiger partial charge is 0.310 e. The minimum absolute atomic E-state index is 0.146. The van der Waals surface area contributed by atoms with Crippen LogP contribution in [0.15, 0.2) is 18.2 Å². The van der Waals surface area contributed by atoms with Crippen LogP contribution in [-0.2, 0) is 13.5 Å². The smallest absolute Gasteiger partial charge is 0.176 e. The molecule has 0 saturated carbocycles. The van der Waals surface area contributed by atoms with E-state index in [1.165, 1.54) is 4.80 Å². The lowest BCUT2D eigenvalue weighted by atomic mass is 10.0. The summed E-state index contributed by atoms with van der Waals surface area (Å²) in [5.41, 5.74) is 2.23. The molecule has 6 heteroatoms. The van der Waals surface area contributed by atoms with E-state index in [1.807, 2.05) is 19.1 Å². The third-order valence-electron chi connectivity index (χ3n) is 2.99. The zero-order valence-corrected chi connectivity index (χ0v) is 12.1. The molecule has 5 nitrogen and oxygen atoms in total. The second kappa shape index (κ2) is 6.12. The molecule has 0 amide bonds. The fourth-order valence-electron chi connectivity index (χ4n) is 1.97. The third-order valence-corrected chi connectivity index (χ3v) is 3.39. The Balaban J connectivity index is 2.21. The summed E-state index contributed by atoms with van der Waals surface area (Å²) in [5, 5.41) is 16.3. The Morgan fingerprint density at radius 1 is 1.42 bits per heavy atom. The van der Waals surface area contributed by atoms with Crippen molar-refractivity contribution in [2.45, 2.75) is 26.3 Å². The van der Waals surface area contributed by atoms with Crippen molar-refractivity contribution < 1.29 is 0 Å². The number of tetrazole rings is 1. The van der Waals surface area contributed by atoms with Gasteiger partial charge in [0, 0.05) is 17.5 Å². The van der Waals surface area contributed by atoms with Crippen LogP contribution in [0.4, 0.5) is 0 Å². The van der Waals surface area contributed by atoms with Gasteiger partial charge in [-0.25, -0.2) is 0 Å². The summed E-state index contributed by atoms with van der Waals surface area (Å²) in [6, 6.07) is 6.27. The number of benzene rings is 1. The summed E-state index contributed by atoms with van der Waals surface area (Å²) < 4.78 is 0. The van der Waals surface area contributed by atoms with Gasteiger partial charge in [0.2, 0.25) is 0 Å². The Labute approximate surface area is 118 Å². The fourth-order valence-corrected chi connectivity index (χ4v) is 2.16. The van der Waals surface area contributed by atoms with Crippen molar-refractivity contribution in [3.05, 3.63) is 40.2 Å². The summed E-state index contributed by atoms with van der Waals surface area (Å²) >= 11 is 6.19. The molecule has 0 spiro atoms. The molecule has 1 N–H and O–H groups in total. The molecule has 2 rings (SSSR count). The van der Waals surface area contributed by atoms with E-state index < -0.39 is 0 Å². The van der Waals surface area contributed by atoms with Gasteiger partial charge in [0.1, 0.15) is 0 Å². The molecule has 0 aliphatic carbocycles. The molecule has 0 fully saturated rings. The predicted molar refractivity (Wildman–Crippen MR) is 75.1 cm³/mol. The first-order valence-corrected chi connectivity index (χ1v) is 6.70. The van der Waals surface area contributed by atoms with Crippen molar-refractivity contribution in [1.29, 1.82) is 0 Å². The maximum absolute atomic E-state index is 6.19. The van der Waals surface area contributed by atoms with E-state index in [1.54, 1.807) is 7.05 Å². The Morgan fingerprint density at radius 3 is 2.79 bits per heavy atom. The number of nitrogens with zero attached hydrogens (tertiary/aromatic N) is 4. The number of hydrogen-bond acceptors (Lipinski definition) is 4. The lowest BCUT2D eigenvalue weighted by Gasteiger charge is -2.17. The van der Waals surface area contributed by atoms with Gasteiger partial charge < -0.3 is 5.32 Å². The first kappa shape index (κ1) is 14.0. The molecule has 0 aliphatic heterocycles. The molecular weight excluding hydrogens is 262 g/mol. The lowest BCUT2D eigenvalue weighted by Crippen LogP contribution is -2.23. The molecule has 1 unspecified atom stereocenters. The van der Waals surface area contributed by atoms with Crippen molar-refractivity contribution in [2.75, 3.05) is 6.54 Å². The van der Waals surface area contributed by atoms with Gasteiger partial charge in [-0.1, -0.05) is 30.7 Å². The Bertz CT molecular complexity index is 552. The molecule has 1 atom stereocenters. The summed E-state index contributed by atoms with van der Waals surface area (Å²) in [6.07, 6.45) is 0.696. The minimum atomic E-state index is 0.146. The first-order chi connectivity index (χ1) is 9.10. The van der Waals surface area contributed by atoms with E-state index >= 15 is 0 Å². The normalized spacial score (nSPS) is 12.6. The van der Waals surface area contributed by atoms with Crippen molar-refractivity contribution in [3.8, 4) is 0 Å². The topological polar surface area (TPSA) is 55.6 Å². The third kappa shape index (κ3) is 3.52. The Hall–Kier alpha value is -1.46. The second-order valence-electron chi connectivity index (χ2n) is 4.52. The SMILES string of the molecule is CCNC(Cc1nnn(C)n1)c1ccc(C)c(Cl)c1. The van der Waals surface area contributed by atoms with Crippen molar-refractivity contribution in [1.82, 2.24) is 25.5 Å². The molecule has 1 heterocycles. The molecule has 1 aromatic carbocycles. The van der Waals surface area contributed by atoms with E-state index in [2.05, 4.69) is 33.7 Å². The summed E-state index contributed by atoms with van der Waals surface area (Å²) in [6.45, 7) is 4.95. The fraction of sp³-hybridized carbons (Fsp3) is 0.462. The maximum Gasteiger partial charge on any atom is 0.176 e. The highest BCUT2D eigenvalue weighted by Gasteiger charge is 2.15. The number of likely N-dealkylation sites (N-methyl/N-ethyl adjacent to an activating group) is 1. The Kier molecular flexibility index (Phi) is 4.50. The number of hydrogen-bond donors (Lipinski definition) is 1. The van der Waals surface area contributed by atoms with E-state index in [-0.39, 0.29) is 6.04 Å². The summed E-state index contributed by atoms with van der Waals surface area (Å²) in [7, 11) is 1.77. The molecule has 0 saturated heterocycles. The Morgan fingerprint density at radius 2 is 2.21 bits per heavy atom. The van der Waals surface area contributed by atoms with Crippen LogP contribution >= 0.6 is 11.6 Å². The van der Waals surface area contributed by atoms with Gasteiger partial charge in [0.05, 0.1) is 7.05 Å². The van der Waals surface area contributed by atoms with Gasteiger partial charge in [-0.15, -0.1) is 10.2 Å². The zero-order chi connectivity index (χ0) is 13.8. The standard InChI is InChI=1S/C13H18ClN5/c1-4-15-12(8-13-16-18-19(3)17-13)10-6-5-9(2)11(14)7-10/h5-7,12,15H,4,8H2,1-3H3. The highest BCUT2D eigenvalue weighted by atomic mass is 35.5. The van der Waals surface area contributed by atoms with Crippen LogP contribution in [0.2, 0.25) is 5.02 Å². The van der Waals surface area contributed by atoms with Gasteiger partial charge in [-0.2, -0.15) is 4.80 Å². The van der Waals surface area contributed by atoms with Crippen LogP contribution in [0.5, 0.6) is 0 Å². The number of aryl methyl sites for hydroxylation is 2. The highest BCUT2D eigenvalue weighted by Crippen LogP contribution is 2.23. The molecule has 0 aliphatic rings. The molecule has 0 radical (unpaired) electrons. The molecule has 0 bridgehead atoms. The number of rotatable bonds is 5. The highest BCUT2D eigenvalue weighted by molar-refractivity contribution is 6.31. The van der Waals surface area contributed by atoms with Crippen LogP contribution in [-0.4, -0.2) is 26.8 Å². The average molecular weight is 280 g/mol. The van der Waals surface area contributed by atoms with Gasteiger partial charge >= 0.3 is 0 Å². The van der Waals surface area contributed by atoms with E-state index in [0.29, 0.717) is 6.42 Å². The van der Waals surface area contributed by atoms with Crippen LogP contribution < -0.4 is 5.32 Å². The summed E-state index contributed by atoms with van der Waals surface area (Å²) in [4.78, 5) is 1.47.